The second-order valence-corrected chi connectivity index (χ2v) is 8.64. The number of rotatable bonds is 6. The molecule has 0 saturated heterocycles. The van der Waals surface area contributed by atoms with Crippen molar-refractivity contribution in [2.75, 3.05) is 0 Å². The average molecular weight is 403 g/mol. The van der Waals surface area contributed by atoms with Gasteiger partial charge in [-0.1, -0.05) is 66.2 Å². The van der Waals surface area contributed by atoms with Crippen LogP contribution in [0.5, 0.6) is 0 Å². The number of hydrogen-bond acceptors (Lipinski definition) is 5. The van der Waals surface area contributed by atoms with Crippen LogP contribution >= 0.6 is 46.3 Å². The number of nitrogens with zero attached hydrogens (tertiary/aromatic N) is 4. The Morgan fingerprint density at radius 1 is 1.29 bits per heavy atom. The van der Waals surface area contributed by atoms with Crippen LogP contribution in [0.4, 0.5) is 0 Å². The number of halogens is 2. The van der Waals surface area contributed by atoms with E-state index in [0.29, 0.717) is 16.0 Å². The van der Waals surface area contributed by atoms with Crippen LogP contribution in [0.1, 0.15) is 37.7 Å². The van der Waals surface area contributed by atoms with Gasteiger partial charge in [0.15, 0.2) is 4.34 Å². The molecule has 2 atom stereocenters. The summed E-state index contributed by atoms with van der Waals surface area (Å²) in [6.07, 6.45) is 1.05. The highest BCUT2D eigenvalue weighted by atomic mass is 35.5. The van der Waals surface area contributed by atoms with Gasteiger partial charge in [-0.3, -0.25) is 0 Å². The first-order chi connectivity index (χ1) is 11.5. The highest BCUT2D eigenvalue weighted by Gasteiger charge is 2.24. The van der Waals surface area contributed by atoms with Crippen LogP contribution in [0, 0.1) is 5.92 Å². The van der Waals surface area contributed by atoms with Crippen molar-refractivity contribution < 1.29 is 5.73 Å². The van der Waals surface area contributed by atoms with Crippen LogP contribution in [0.2, 0.25) is 10.0 Å². The summed E-state index contributed by atoms with van der Waals surface area (Å²) in [6.45, 7) is 4.33. The third-order valence-corrected chi connectivity index (χ3v) is 6.85. The highest BCUT2D eigenvalue weighted by Crippen LogP contribution is 2.31. The molecule has 24 heavy (non-hydrogen) atoms. The standard InChI is InChI=1S/C15H17Cl2N5S2/c1-3-8(2)12(18)13-19-20-14-22(13)21-15(24-14)23-7-9-4-5-10(16)11(17)6-9/h4-6,8,12H,3,7,18H2,1-2H3/p+1/t8-,12-/m0/s1. The molecule has 2 aromatic heterocycles. The van der Waals surface area contributed by atoms with Gasteiger partial charge in [0.2, 0.25) is 10.8 Å². The van der Waals surface area contributed by atoms with Gasteiger partial charge in [0.25, 0.3) is 0 Å². The first-order valence-electron chi connectivity index (χ1n) is 7.61. The molecule has 0 unspecified atom stereocenters. The van der Waals surface area contributed by atoms with E-state index in [0.717, 1.165) is 32.9 Å². The van der Waals surface area contributed by atoms with Gasteiger partial charge in [0, 0.05) is 11.7 Å². The van der Waals surface area contributed by atoms with Gasteiger partial charge in [0.1, 0.15) is 6.04 Å². The minimum absolute atomic E-state index is 0.0834. The fraction of sp³-hybridized carbons (Fsp3) is 0.400. The molecule has 3 aromatic rings. The molecule has 3 rings (SSSR count). The SMILES string of the molecule is CC[C@H](C)[C@H]([NH3+])c1nnc2sc(SCc3ccc(Cl)c(Cl)c3)nn12. The van der Waals surface area contributed by atoms with E-state index >= 15 is 0 Å². The summed E-state index contributed by atoms with van der Waals surface area (Å²) < 4.78 is 2.77. The van der Waals surface area contributed by atoms with Crippen LogP contribution in [0.3, 0.4) is 0 Å². The smallest absolute Gasteiger partial charge is 0.235 e. The van der Waals surface area contributed by atoms with Crippen LogP contribution in [0.15, 0.2) is 22.5 Å². The predicted molar refractivity (Wildman–Crippen MR) is 99.8 cm³/mol. The topological polar surface area (TPSA) is 70.7 Å². The lowest BCUT2D eigenvalue weighted by Gasteiger charge is -2.11. The van der Waals surface area contributed by atoms with E-state index in [9.17, 15) is 0 Å². The van der Waals surface area contributed by atoms with Gasteiger partial charge >= 0.3 is 0 Å². The lowest BCUT2D eigenvalue weighted by molar-refractivity contribution is -0.441. The Hall–Kier alpha value is -0.860. The van der Waals surface area contributed by atoms with Crippen LogP contribution in [-0.4, -0.2) is 19.8 Å². The quantitative estimate of drug-likeness (QED) is 0.629. The minimum atomic E-state index is 0.0834. The molecule has 128 valence electrons. The molecule has 0 radical (unpaired) electrons. The maximum atomic E-state index is 6.06. The van der Waals surface area contributed by atoms with Gasteiger partial charge in [-0.2, -0.15) is 4.52 Å². The van der Waals surface area contributed by atoms with Crippen molar-refractivity contribution >= 4 is 51.3 Å². The number of hydrogen-bond donors (Lipinski definition) is 1. The van der Waals surface area contributed by atoms with Gasteiger partial charge in [0.05, 0.1) is 10.0 Å². The third kappa shape index (κ3) is 3.70. The molecule has 3 N–H and O–H groups in total. The van der Waals surface area contributed by atoms with Gasteiger partial charge in [-0.25, -0.2) is 0 Å². The number of thioether (sulfide) groups is 1. The number of aromatic nitrogens is 4. The van der Waals surface area contributed by atoms with Crippen molar-refractivity contribution in [3.8, 4) is 0 Å². The largest absolute Gasteiger partial charge is 0.348 e. The van der Waals surface area contributed by atoms with E-state index in [1.165, 1.54) is 11.3 Å². The van der Waals surface area contributed by atoms with Crippen molar-refractivity contribution in [2.24, 2.45) is 5.92 Å². The summed E-state index contributed by atoms with van der Waals surface area (Å²) in [5.74, 6) is 2.04. The van der Waals surface area contributed by atoms with E-state index in [1.807, 2.05) is 22.7 Å². The fourth-order valence-electron chi connectivity index (χ4n) is 2.22. The number of benzene rings is 1. The Morgan fingerprint density at radius 2 is 2.08 bits per heavy atom. The molecule has 0 amide bonds. The van der Waals surface area contributed by atoms with Crippen molar-refractivity contribution in [1.29, 1.82) is 0 Å². The van der Waals surface area contributed by atoms with Gasteiger partial charge < -0.3 is 5.73 Å². The summed E-state index contributed by atoms with van der Waals surface area (Å²) in [6, 6.07) is 5.76. The molecule has 5 nitrogen and oxygen atoms in total. The summed E-state index contributed by atoms with van der Waals surface area (Å²) in [5.41, 5.74) is 5.34. The van der Waals surface area contributed by atoms with Crippen molar-refractivity contribution in [1.82, 2.24) is 19.8 Å². The molecule has 2 heterocycles. The van der Waals surface area contributed by atoms with Crippen LogP contribution in [-0.2, 0) is 5.75 Å². The molecule has 0 saturated carbocycles. The zero-order valence-electron chi connectivity index (χ0n) is 13.4. The lowest BCUT2D eigenvalue weighted by Crippen LogP contribution is -2.57. The monoisotopic (exact) mass is 402 g/mol. The molecular formula is C15H18Cl2N5S2+. The maximum absolute atomic E-state index is 6.06. The Morgan fingerprint density at radius 3 is 2.79 bits per heavy atom. The number of fused-ring (bicyclic) bond motifs is 1. The highest BCUT2D eigenvalue weighted by molar-refractivity contribution is 8.00. The number of quaternary nitrogens is 1. The van der Waals surface area contributed by atoms with Gasteiger partial charge in [-0.15, -0.1) is 15.3 Å². The first-order valence-corrected chi connectivity index (χ1v) is 10.2. The van der Waals surface area contributed by atoms with Crippen molar-refractivity contribution in [3.63, 3.8) is 0 Å². The maximum Gasteiger partial charge on any atom is 0.235 e. The van der Waals surface area contributed by atoms with Crippen molar-refractivity contribution in [2.45, 2.75) is 36.4 Å². The molecule has 0 spiro atoms. The molecule has 1 aromatic carbocycles. The first kappa shape index (κ1) is 17.9. The molecule has 0 aliphatic carbocycles. The zero-order valence-corrected chi connectivity index (χ0v) is 16.5. The van der Waals surface area contributed by atoms with E-state index < -0.39 is 0 Å². The molecule has 0 fully saturated rings. The Bertz CT molecular complexity index is 848. The Balaban J connectivity index is 1.76. The van der Waals surface area contributed by atoms with E-state index in [4.69, 9.17) is 23.2 Å². The Kier molecular flexibility index (Phi) is 5.66. The molecule has 0 aliphatic heterocycles. The zero-order chi connectivity index (χ0) is 17.3. The van der Waals surface area contributed by atoms with Crippen LogP contribution < -0.4 is 5.73 Å². The summed E-state index contributed by atoms with van der Waals surface area (Å²) in [7, 11) is 0. The molecule has 9 heteroatoms. The van der Waals surface area contributed by atoms with E-state index in [-0.39, 0.29) is 6.04 Å². The Labute approximate surface area is 158 Å². The molecule has 0 bridgehead atoms. The summed E-state index contributed by atoms with van der Waals surface area (Å²) in [5, 5.41) is 14.3. The second-order valence-electron chi connectivity index (χ2n) is 5.65. The van der Waals surface area contributed by atoms with Crippen molar-refractivity contribution in [3.05, 3.63) is 39.6 Å². The second kappa shape index (κ2) is 7.58. The summed E-state index contributed by atoms with van der Waals surface area (Å²) in [4.78, 5) is 0.804. The summed E-state index contributed by atoms with van der Waals surface area (Å²) >= 11 is 15.2. The molecular weight excluding hydrogens is 385 g/mol. The lowest BCUT2D eigenvalue weighted by atomic mass is 10.00. The fourth-order valence-corrected chi connectivity index (χ4v) is 4.36. The normalized spacial score (nSPS) is 14.2. The minimum Gasteiger partial charge on any atom is -0.348 e. The van der Waals surface area contributed by atoms with Crippen LogP contribution in [0.25, 0.3) is 4.96 Å². The van der Waals surface area contributed by atoms with E-state index in [1.54, 1.807) is 11.8 Å². The van der Waals surface area contributed by atoms with E-state index in [2.05, 4.69) is 34.9 Å². The molecule has 0 aliphatic rings. The third-order valence-electron chi connectivity index (χ3n) is 4.01. The van der Waals surface area contributed by atoms with Gasteiger partial charge in [-0.05, 0) is 24.1 Å². The average Bonchev–Trinajstić information content (AvgIpc) is 3.14. The predicted octanol–water partition coefficient (Wildman–Crippen LogP) is 4.11.